The molecule has 0 aliphatic heterocycles. The Bertz CT molecular complexity index is 835. The lowest BCUT2D eigenvalue weighted by Crippen LogP contribution is -2.30. The largest absolute Gasteiger partial charge is 0.308 e. The first-order chi connectivity index (χ1) is 12.2. The summed E-state index contributed by atoms with van der Waals surface area (Å²) >= 11 is 0. The van der Waals surface area contributed by atoms with E-state index < -0.39 is 6.04 Å². The van der Waals surface area contributed by atoms with Crippen molar-refractivity contribution in [1.29, 1.82) is 0 Å². The van der Waals surface area contributed by atoms with Gasteiger partial charge in [0.1, 0.15) is 6.04 Å². The summed E-state index contributed by atoms with van der Waals surface area (Å²) in [6.45, 7) is 0.734. The van der Waals surface area contributed by atoms with Crippen molar-refractivity contribution in [3.8, 4) is 0 Å². The predicted molar refractivity (Wildman–Crippen MR) is 108 cm³/mol. The third-order valence-electron chi connectivity index (χ3n) is 3.88. The van der Waals surface area contributed by atoms with Gasteiger partial charge in [-0.1, -0.05) is 0 Å². The van der Waals surface area contributed by atoms with Gasteiger partial charge in [-0.3, -0.25) is 19.1 Å². The van der Waals surface area contributed by atoms with Crippen molar-refractivity contribution in [1.82, 2.24) is 29.9 Å². The van der Waals surface area contributed by atoms with Crippen LogP contribution in [0.15, 0.2) is 49.2 Å². The van der Waals surface area contributed by atoms with Gasteiger partial charge < -0.3 is 10.6 Å². The zero-order valence-electron chi connectivity index (χ0n) is 15.1. The van der Waals surface area contributed by atoms with Crippen molar-refractivity contribution in [2.24, 2.45) is 7.05 Å². The highest BCUT2D eigenvalue weighted by Gasteiger charge is 2.20. The summed E-state index contributed by atoms with van der Waals surface area (Å²) in [7, 11) is 3.56. The van der Waals surface area contributed by atoms with Crippen LogP contribution < -0.4 is 10.6 Å². The minimum absolute atomic E-state index is 0. The second-order valence-electron chi connectivity index (χ2n) is 5.73. The highest BCUT2D eigenvalue weighted by atomic mass is 35.5. The molecule has 0 spiro atoms. The van der Waals surface area contributed by atoms with E-state index in [1.807, 2.05) is 36.3 Å². The molecular formula is C17H23Cl2N7O. The number of nitrogens with zero attached hydrogens (tertiary/aromatic N) is 5. The van der Waals surface area contributed by atoms with E-state index in [1.54, 1.807) is 36.4 Å². The van der Waals surface area contributed by atoms with Crippen LogP contribution in [0.5, 0.6) is 0 Å². The Balaban J connectivity index is 0.00000182. The molecule has 3 heterocycles. The number of halogens is 2. The van der Waals surface area contributed by atoms with Crippen LogP contribution in [0.2, 0.25) is 0 Å². The van der Waals surface area contributed by atoms with Crippen molar-refractivity contribution >= 4 is 36.5 Å². The summed E-state index contributed by atoms with van der Waals surface area (Å²) in [6.07, 6.45) is 9.75. The number of likely N-dealkylation sites (N-methyl/N-ethyl adjacent to an activating group) is 1. The first kappa shape index (κ1) is 22.6. The van der Waals surface area contributed by atoms with Gasteiger partial charge in [-0.2, -0.15) is 10.2 Å². The second-order valence-corrected chi connectivity index (χ2v) is 5.73. The van der Waals surface area contributed by atoms with E-state index in [2.05, 4.69) is 25.8 Å². The Morgan fingerprint density at radius 2 is 1.96 bits per heavy atom. The number of amides is 1. The first-order valence-corrected chi connectivity index (χ1v) is 8.05. The standard InChI is InChI=1S/C17H21N7O.2ClH/c1-18-16(14-11-20-23(2)12-14)17(25)21-15-6-10-24(22-15)9-5-13-3-7-19-8-4-13;;/h3-4,6-8,10-12,16,18H,5,9H2,1-2H3,(H,21,22,25);2*1H. The van der Waals surface area contributed by atoms with Gasteiger partial charge in [0.2, 0.25) is 5.91 Å². The van der Waals surface area contributed by atoms with Crippen molar-refractivity contribution in [3.05, 3.63) is 60.3 Å². The lowest BCUT2D eigenvalue weighted by molar-refractivity contribution is -0.118. The van der Waals surface area contributed by atoms with Gasteiger partial charge in [-0.05, 0) is 31.2 Å². The number of pyridine rings is 1. The fourth-order valence-electron chi connectivity index (χ4n) is 2.58. The molecule has 1 amide bonds. The molecule has 0 aliphatic carbocycles. The Morgan fingerprint density at radius 1 is 1.22 bits per heavy atom. The summed E-state index contributed by atoms with van der Waals surface area (Å²) in [5.41, 5.74) is 2.00. The zero-order valence-corrected chi connectivity index (χ0v) is 16.7. The van der Waals surface area contributed by atoms with Gasteiger partial charge in [0, 0.05) is 50.0 Å². The van der Waals surface area contributed by atoms with E-state index in [1.165, 1.54) is 5.56 Å². The highest BCUT2D eigenvalue weighted by Crippen LogP contribution is 2.14. The minimum atomic E-state index is -0.476. The smallest absolute Gasteiger partial charge is 0.247 e. The van der Waals surface area contributed by atoms with Gasteiger partial charge in [0.15, 0.2) is 5.82 Å². The Hall–Kier alpha value is -2.42. The van der Waals surface area contributed by atoms with Crippen LogP contribution in [-0.2, 0) is 24.8 Å². The van der Waals surface area contributed by atoms with Crippen LogP contribution in [0.4, 0.5) is 5.82 Å². The van der Waals surface area contributed by atoms with Crippen LogP contribution in [0, 0.1) is 0 Å². The maximum absolute atomic E-state index is 12.5. The number of carbonyl (C=O) groups excluding carboxylic acids is 1. The van der Waals surface area contributed by atoms with Crippen LogP contribution in [0.3, 0.4) is 0 Å². The monoisotopic (exact) mass is 411 g/mol. The first-order valence-electron chi connectivity index (χ1n) is 8.05. The molecule has 0 aliphatic rings. The highest BCUT2D eigenvalue weighted by molar-refractivity contribution is 5.94. The molecule has 1 atom stereocenters. The average Bonchev–Trinajstić information content (AvgIpc) is 3.24. The summed E-state index contributed by atoms with van der Waals surface area (Å²) < 4.78 is 3.48. The molecule has 0 saturated carbocycles. The van der Waals surface area contributed by atoms with Gasteiger partial charge in [0.25, 0.3) is 0 Å². The third-order valence-corrected chi connectivity index (χ3v) is 3.88. The summed E-state index contributed by atoms with van der Waals surface area (Å²) in [6, 6.07) is 5.28. The number of hydrogen-bond donors (Lipinski definition) is 2. The Morgan fingerprint density at radius 3 is 2.59 bits per heavy atom. The van der Waals surface area contributed by atoms with E-state index in [0.717, 1.165) is 18.5 Å². The van der Waals surface area contributed by atoms with Gasteiger partial charge >= 0.3 is 0 Å². The van der Waals surface area contributed by atoms with Crippen molar-refractivity contribution in [3.63, 3.8) is 0 Å². The molecule has 0 saturated heterocycles. The fraction of sp³-hybridized carbons (Fsp3) is 0.294. The molecule has 3 rings (SSSR count). The number of nitrogens with one attached hydrogen (secondary N) is 2. The molecular weight excluding hydrogens is 389 g/mol. The average molecular weight is 412 g/mol. The molecule has 1 unspecified atom stereocenters. The predicted octanol–water partition coefficient (Wildman–Crippen LogP) is 2.00. The maximum Gasteiger partial charge on any atom is 0.247 e. The number of hydrogen-bond acceptors (Lipinski definition) is 5. The number of carbonyl (C=O) groups is 1. The summed E-state index contributed by atoms with van der Waals surface area (Å²) in [5.74, 6) is 0.360. The van der Waals surface area contributed by atoms with E-state index in [4.69, 9.17) is 0 Å². The summed E-state index contributed by atoms with van der Waals surface area (Å²) in [5, 5.41) is 14.3. The van der Waals surface area contributed by atoms with Crippen molar-refractivity contribution in [2.45, 2.75) is 19.0 Å². The second kappa shape index (κ2) is 10.7. The molecule has 2 N–H and O–H groups in total. The minimum Gasteiger partial charge on any atom is -0.308 e. The van der Waals surface area contributed by atoms with Crippen LogP contribution in [0.25, 0.3) is 0 Å². The van der Waals surface area contributed by atoms with Gasteiger partial charge in [-0.15, -0.1) is 24.8 Å². The van der Waals surface area contributed by atoms with Crippen molar-refractivity contribution in [2.75, 3.05) is 12.4 Å². The van der Waals surface area contributed by atoms with E-state index >= 15 is 0 Å². The molecule has 0 radical (unpaired) electrons. The molecule has 0 bridgehead atoms. The molecule has 146 valence electrons. The van der Waals surface area contributed by atoms with Gasteiger partial charge in [-0.25, -0.2) is 0 Å². The number of rotatable bonds is 7. The quantitative estimate of drug-likeness (QED) is 0.620. The Labute approximate surface area is 170 Å². The number of aryl methyl sites for hydroxylation is 3. The zero-order chi connectivity index (χ0) is 17.6. The van der Waals surface area contributed by atoms with Crippen LogP contribution in [-0.4, -0.2) is 37.5 Å². The van der Waals surface area contributed by atoms with E-state index in [9.17, 15) is 4.79 Å². The van der Waals surface area contributed by atoms with Crippen molar-refractivity contribution < 1.29 is 4.79 Å². The van der Waals surface area contributed by atoms with Crippen LogP contribution >= 0.6 is 24.8 Å². The van der Waals surface area contributed by atoms with Gasteiger partial charge in [0.05, 0.1) is 6.20 Å². The molecule has 0 aromatic carbocycles. The lowest BCUT2D eigenvalue weighted by atomic mass is 10.1. The maximum atomic E-state index is 12.5. The fourth-order valence-corrected chi connectivity index (χ4v) is 2.58. The number of aromatic nitrogens is 5. The SMILES string of the molecule is CNC(C(=O)Nc1ccn(CCc2ccncc2)n1)c1cnn(C)c1.Cl.Cl. The molecule has 3 aromatic heterocycles. The molecule has 8 nitrogen and oxygen atoms in total. The van der Waals surface area contributed by atoms with Crippen LogP contribution in [0.1, 0.15) is 17.2 Å². The Kier molecular flexibility index (Phi) is 8.93. The normalized spacial score (nSPS) is 11.2. The molecule has 3 aromatic rings. The topological polar surface area (TPSA) is 89.7 Å². The lowest BCUT2D eigenvalue weighted by Gasteiger charge is -2.13. The third kappa shape index (κ3) is 6.06. The van der Waals surface area contributed by atoms with E-state index in [-0.39, 0.29) is 30.7 Å². The molecule has 10 heteroatoms. The summed E-state index contributed by atoms with van der Waals surface area (Å²) in [4.78, 5) is 16.5. The van der Waals surface area contributed by atoms with E-state index in [0.29, 0.717) is 5.82 Å². The molecule has 0 fully saturated rings. The number of anilines is 1. The molecule has 27 heavy (non-hydrogen) atoms.